The Morgan fingerprint density at radius 2 is 2.60 bits per heavy atom. The van der Waals surface area contributed by atoms with Crippen molar-refractivity contribution in [2.24, 2.45) is 0 Å². The van der Waals surface area contributed by atoms with Gasteiger partial charge >= 0.3 is 29.3 Å². The van der Waals surface area contributed by atoms with Gasteiger partial charge in [0.25, 0.3) is 0 Å². The minimum absolute atomic E-state index is 0.0278. The van der Waals surface area contributed by atoms with Gasteiger partial charge in [-0.2, -0.15) is 0 Å². The van der Waals surface area contributed by atoms with Gasteiger partial charge in [-0.15, -0.1) is 0 Å². The third-order valence-corrected chi connectivity index (χ3v) is 0.161. The van der Waals surface area contributed by atoms with E-state index in [1.165, 1.54) is 6.15 Å². The van der Waals surface area contributed by atoms with E-state index in [0.717, 1.165) is 0 Å². The van der Waals surface area contributed by atoms with E-state index in [2.05, 4.69) is 11.8 Å². The van der Waals surface area contributed by atoms with Crippen LogP contribution in [0.1, 0.15) is 0 Å². The Hall–Kier alpha value is -0.300. The third kappa shape index (κ3) is 3.70. The van der Waals surface area contributed by atoms with Crippen LogP contribution in [0.25, 0.3) is 0 Å². The second kappa shape index (κ2) is 3.70. The molecule has 2 heteroatoms. The van der Waals surface area contributed by atoms with Crippen molar-refractivity contribution >= 4 is 0 Å². The first-order valence-electron chi connectivity index (χ1n) is 1.14. The molecular weight excluding hydrogens is 68.0 g/mol. The average Bonchev–Trinajstić information content (AvgIpc) is 1.41. The molecule has 0 rings (SSSR count). The molecule has 0 aromatic carbocycles. The molecule has 0 aliphatic rings. The summed E-state index contributed by atoms with van der Waals surface area (Å²) in [5.74, 6) is 0. The molecule has 0 heterocycles. The molecule has 0 aliphatic heterocycles. The molecule has 0 aromatic rings. The van der Waals surface area contributed by atoms with Gasteiger partial charge in [0.2, 0.25) is 0 Å². The van der Waals surface area contributed by atoms with Crippen LogP contribution >= 0.6 is 0 Å². The topological polar surface area (TPSA) is 29.1 Å². The summed E-state index contributed by atoms with van der Waals surface area (Å²) in [5, 5.41) is 0. The van der Waals surface area contributed by atoms with Crippen LogP contribution in [0.15, 0.2) is 0 Å². The Kier molecular flexibility index (Phi) is 3.48. The van der Waals surface area contributed by atoms with Crippen molar-refractivity contribution < 1.29 is 9.39 Å². The molecule has 0 unspecified atom stereocenters. The summed E-state index contributed by atoms with van der Waals surface area (Å²) in [6.45, 7) is -0.0278. The first kappa shape index (κ1) is 4.70. The van der Waals surface area contributed by atoms with E-state index < -0.39 is 0 Å². The average molecular weight is 72.1 g/mol. The van der Waals surface area contributed by atoms with Crippen LogP contribution in [-0.2, 0) is 9.39 Å². The Balaban J connectivity index is 2.48. The quantitative estimate of drug-likeness (QED) is 0.321. The zero-order valence-corrected chi connectivity index (χ0v) is 2.73. The van der Waals surface area contributed by atoms with Gasteiger partial charge in [0.1, 0.15) is 0 Å². The number of rotatable bonds is 1. The Labute approximate surface area is 30.5 Å². The van der Waals surface area contributed by atoms with Gasteiger partial charge in [-0.25, -0.2) is 0 Å². The molecule has 0 spiro atoms. The van der Waals surface area contributed by atoms with Crippen molar-refractivity contribution in [1.82, 2.24) is 0 Å². The molecule has 0 aromatic heterocycles. The normalized spacial score (nSPS) is 6.40. The first-order chi connectivity index (χ1) is 2.41. The van der Waals surface area contributed by atoms with Gasteiger partial charge in [-0.3, -0.25) is 0 Å². The number of ether oxygens (including phenoxy) is 1. The predicted octanol–water partition coefficient (Wildman–Crippen LogP) is 0.184. The van der Waals surface area contributed by atoms with E-state index in [0.29, 0.717) is 0 Å². The molecule has 28 valence electrons. The van der Waals surface area contributed by atoms with Crippen LogP contribution < -0.4 is 0 Å². The second-order valence-electron chi connectivity index (χ2n) is 0.493. The van der Waals surface area contributed by atoms with E-state index in [1.807, 2.05) is 0 Å². The van der Waals surface area contributed by atoms with E-state index in [9.17, 15) is 0 Å². The molecule has 0 saturated carbocycles. The fourth-order valence-corrected chi connectivity index (χ4v) is 0.0417. The molecule has 0 bridgehead atoms. The molecule has 0 aliphatic carbocycles. The summed E-state index contributed by atoms with van der Waals surface area (Å²) in [6.07, 6.45) is 1.48. The monoisotopic (exact) mass is 72.0 g/mol. The molecule has 0 amide bonds. The predicted molar refractivity (Wildman–Crippen MR) is 15.9 cm³/mol. The van der Waals surface area contributed by atoms with Gasteiger partial charge in [0.05, 0.1) is 0 Å². The van der Waals surface area contributed by atoms with Crippen molar-refractivity contribution in [2.45, 2.75) is 0 Å². The summed E-state index contributed by atoms with van der Waals surface area (Å²) in [7, 11) is 2.91. The Bertz CT molecular complexity index is 43.3. The molecule has 5 heavy (non-hydrogen) atoms. The molecule has 0 radical (unpaired) electrons. The van der Waals surface area contributed by atoms with Crippen molar-refractivity contribution in [3.63, 3.8) is 0 Å². The Morgan fingerprint density at radius 3 is 2.60 bits per heavy atom. The van der Waals surface area contributed by atoms with Gasteiger partial charge in [0, 0.05) is 0 Å². The fourth-order valence-electron chi connectivity index (χ4n) is 0.0417. The fraction of sp³-hybridized carbons (Fsp3) is 0.333. The number of hydrogen-bond acceptors (Lipinski definition) is 1. The van der Waals surface area contributed by atoms with Gasteiger partial charge in [0.15, 0.2) is 0 Å². The van der Waals surface area contributed by atoms with E-state index in [-0.39, 0.29) is 6.61 Å². The maximum atomic E-state index is 9.11. The van der Waals surface area contributed by atoms with E-state index in [4.69, 9.17) is 4.65 Å². The summed E-state index contributed by atoms with van der Waals surface area (Å²) in [4.78, 5) is 0. The van der Waals surface area contributed by atoms with Crippen LogP contribution in [0.4, 0.5) is 0 Å². The SMILES string of the molecule is [CH2-]OCC#[O+]. The molecule has 0 saturated heterocycles. The van der Waals surface area contributed by atoms with Gasteiger partial charge < -0.3 is 0 Å². The number of hydrogen-bond donors (Lipinski definition) is 0. The summed E-state index contributed by atoms with van der Waals surface area (Å²) < 4.78 is 13.1. The standard InChI is InChI=1S/C3H4O2/c1-5-3-2-4/h1,3H2. The molecule has 2 nitrogen and oxygen atoms in total. The van der Waals surface area contributed by atoms with Gasteiger partial charge in [-0.05, 0) is 0 Å². The minimum atomic E-state index is -0.0278. The van der Waals surface area contributed by atoms with Crippen molar-refractivity contribution in [2.75, 3.05) is 6.61 Å². The zero-order valence-electron chi connectivity index (χ0n) is 2.73. The maximum absolute atomic E-state index is 9.11. The van der Waals surface area contributed by atoms with E-state index in [1.54, 1.807) is 0 Å². The van der Waals surface area contributed by atoms with Crippen LogP contribution in [0.5, 0.6) is 0 Å². The van der Waals surface area contributed by atoms with Crippen molar-refractivity contribution in [3.8, 4) is 6.15 Å². The summed E-state index contributed by atoms with van der Waals surface area (Å²) in [6, 6.07) is 0. The van der Waals surface area contributed by atoms with Crippen molar-refractivity contribution in [1.29, 1.82) is 0 Å². The van der Waals surface area contributed by atoms with Crippen LogP contribution in [0.3, 0.4) is 0 Å². The molecule has 0 fully saturated rings. The van der Waals surface area contributed by atoms with Crippen LogP contribution in [-0.4, -0.2) is 6.61 Å². The van der Waals surface area contributed by atoms with E-state index >= 15 is 0 Å². The second-order valence-corrected chi connectivity index (χ2v) is 0.493. The molecule has 0 N–H and O–H groups in total. The first-order valence-corrected chi connectivity index (χ1v) is 1.14. The Morgan fingerprint density at radius 1 is 2.00 bits per heavy atom. The third-order valence-electron chi connectivity index (χ3n) is 0.161. The summed E-state index contributed by atoms with van der Waals surface area (Å²) in [5.41, 5.74) is 0. The van der Waals surface area contributed by atoms with Crippen LogP contribution in [0, 0.1) is 13.3 Å². The summed E-state index contributed by atoms with van der Waals surface area (Å²) >= 11 is 0. The van der Waals surface area contributed by atoms with Crippen molar-refractivity contribution in [3.05, 3.63) is 7.11 Å². The molecular formula is C3H4O2. The van der Waals surface area contributed by atoms with Crippen LogP contribution in [0.2, 0.25) is 0 Å². The van der Waals surface area contributed by atoms with Gasteiger partial charge in [-0.1, -0.05) is 0 Å². The molecule has 0 atom stereocenters. The zero-order chi connectivity index (χ0) is 4.12.